The summed E-state index contributed by atoms with van der Waals surface area (Å²) in [6, 6.07) is 15.2. The number of halogens is 1. The first-order chi connectivity index (χ1) is 18.2. The van der Waals surface area contributed by atoms with Gasteiger partial charge in [-0.1, -0.05) is 30.2 Å². The molecule has 2 aromatic carbocycles. The molecule has 0 saturated carbocycles. The number of ether oxygens (including phenoxy) is 2. The van der Waals surface area contributed by atoms with Crippen molar-refractivity contribution in [3.05, 3.63) is 65.9 Å². The van der Waals surface area contributed by atoms with E-state index in [0.717, 1.165) is 41.0 Å². The van der Waals surface area contributed by atoms with Gasteiger partial charge in [-0.25, -0.2) is 4.98 Å². The fourth-order valence-electron chi connectivity index (χ4n) is 4.48. The zero-order valence-electron chi connectivity index (χ0n) is 20.9. The number of piperidine rings is 1. The Hall–Kier alpha value is -3.62. The first-order valence-electron chi connectivity index (χ1n) is 12.6. The summed E-state index contributed by atoms with van der Waals surface area (Å²) in [5.41, 5.74) is 2.38. The van der Waals surface area contributed by atoms with E-state index in [1.54, 1.807) is 25.6 Å². The molecule has 3 heterocycles. The number of benzene rings is 2. The summed E-state index contributed by atoms with van der Waals surface area (Å²) >= 11 is 6.23. The summed E-state index contributed by atoms with van der Waals surface area (Å²) in [6.07, 6.45) is 8.40. The van der Waals surface area contributed by atoms with Gasteiger partial charge < -0.3 is 25.0 Å². The predicted octanol–water partition coefficient (Wildman–Crippen LogP) is 6.43. The van der Waals surface area contributed by atoms with Crippen molar-refractivity contribution in [3.63, 3.8) is 0 Å². The van der Waals surface area contributed by atoms with Crippen molar-refractivity contribution < 1.29 is 9.47 Å². The number of para-hydroxylation sites is 1. The monoisotopic (exact) mass is 518 g/mol. The first-order valence-corrected chi connectivity index (χ1v) is 13.0. The lowest BCUT2D eigenvalue weighted by atomic mass is 10.1. The van der Waals surface area contributed by atoms with Crippen LogP contribution in [-0.2, 0) is 0 Å². The largest absolute Gasteiger partial charge is 0.493 e. The quantitative estimate of drug-likeness (QED) is 0.232. The van der Waals surface area contributed by atoms with Crippen molar-refractivity contribution in [1.82, 2.24) is 19.9 Å². The standard InChI is InChI=1S/C28H31ClN6O2/c1-36-25-18-21(9-10-24(25)37-16-6-15-35-13-3-2-4-14-35)33-28-30-12-11-26(34-28)32-22-17-20-7-5-8-23(29)27(20)31-19-22/h5,7-12,17-19H,2-4,6,13-16H2,1H3,(H2,30,32,33,34). The minimum Gasteiger partial charge on any atom is -0.493 e. The number of anilines is 4. The molecule has 0 bridgehead atoms. The number of hydrogen-bond donors (Lipinski definition) is 2. The third kappa shape index (κ3) is 6.58. The van der Waals surface area contributed by atoms with Crippen LogP contribution in [0.5, 0.6) is 11.5 Å². The topological polar surface area (TPSA) is 84.4 Å². The van der Waals surface area contributed by atoms with E-state index in [4.69, 9.17) is 21.1 Å². The average Bonchev–Trinajstić information content (AvgIpc) is 2.92. The maximum absolute atomic E-state index is 6.23. The van der Waals surface area contributed by atoms with Gasteiger partial charge in [0.1, 0.15) is 5.82 Å². The summed E-state index contributed by atoms with van der Waals surface area (Å²) in [5, 5.41) is 8.10. The lowest BCUT2D eigenvalue weighted by Crippen LogP contribution is -2.31. The van der Waals surface area contributed by atoms with Crippen LogP contribution in [0.2, 0.25) is 5.02 Å². The van der Waals surface area contributed by atoms with Crippen molar-refractivity contribution in [2.24, 2.45) is 0 Å². The summed E-state index contributed by atoms with van der Waals surface area (Å²) < 4.78 is 11.6. The minimum atomic E-state index is 0.457. The van der Waals surface area contributed by atoms with Crippen molar-refractivity contribution in [1.29, 1.82) is 0 Å². The molecule has 37 heavy (non-hydrogen) atoms. The highest BCUT2D eigenvalue weighted by Gasteiger charge is 2.11. The third-order valence-corrected chi connectivity index (χ3v) is 6.64. The molecule has 2 aromatic heterocycles. The second kappa shape index (κ2) is 12.1. The number of methoxy groups -OCH3 is 1. The Bertz CT molecular complexity index is 1350. The van der Waals surface area contributed by atoms with Crippen LogP contribution in [0.25, 0.3) is 10.9 Å². The summed E-state index contributed by atoms with van der Waals surface area (Å²) in [4.78, 5) is 15.9. The third-order valence-electron chi connectivity index (χ3n) is 6.33. The van der Waals surface area contributed by atoms with Gasteiger partial charge >= 0.3 is 0 Å². The number of fused-ring (bicyclic) bond motifs is 1. The summed E-state index contributed by atoms with van der Waals surface area (Å²) in [5.74, 6) is 2.49. The fraction of sp³-hybridized carbons (Fsp3) is 0.321. The number of likely N-dealkylation sites (tertiary alicyclic amines) is 1. The molecular formula is C28H31ClN6O2. The highest BCUT2D eigenvalue weighted by atomic mass is 35.5. The van der Waals surface area contributed by atoms with Crippen molar-refractivity contribution in [2.45, 2.75) is 25.7 Å². The summed E-state index contributed by atoms with van der Waals surface area (Å²) in [6.45, 7) is 4.14. The zero-order valence-corrected chi connectivity index (χ0v) is 21.7. The molecule has 0 atom stereocenters. The van der Waals surface area contributed by atoms with Crippen molar-refractivity contribution in [3.8, 4) is 11.5 Å². The van der Waals surface area contributed by atoms with Gasteiger partial charge in [-0.3, -0.25) is 4.98 Å². The van der Waals surface area contributed by atoms with Crippen molar-refractivity contribution in [2.75, 3.05) is 44.0 Å². The normalized spacial score (nSPS) is 13.9. The molecule has 192 valence electrons. The van der Waals surface area contributed by atoms with Crippen LogP contribution in [0, 0.1) is 0 Å². The van der Waals surface area contributed by atoms with Gasteiger partial charge in [-0.15, -0.1) is 0 Å². The van der Waals surface area contributed by atoms with E-state index < -0.39 is 0 Å². The van der Waals surface area contributed by atoms with E-state index in [2.05, 4.69) is 30.5 Å². The van der Waals surface area contributed by atoms with Crippen LogP contribution in [0.15, 0.2) is 60.9 Å². The Morgan fingerprint density at radius 2 is 1.84 bits per heavy atom. The molecule has 9 heteroatoms. The van der Waals surface area contributed by atoms with Gasteiger partial charge in [-0.05, 0) is 62.7 Å². The minimum absolute atomic E-state index is 0.457. The molecular weight excluding hydrogens is 488 g/mol. The van der Waals surface area contributed by atoms with E-state index in [9.17, 15) is 0 Å². The molecule has 0 amide bonds. The van der Waals surface area contributed by atoms with Gasteiger partial charge in [0.15, 0.2) is 11.5 Å². The molecule has 8 nitrogen and oxygen atoms in total. The SMILES string of the molecule is COc1cc(Nc2nccc(Nc3cnc4c(Cl)cccc4c3)n2)ccc1OCCCN1CCCCC1. The Labute approximate surface area is 222 Å². The molecule has 4 aromatic rings. The van der Waals surface area contributed by atoms with E-state index >= 15 is 0 Å². The highest BCUT2D eigenvalue weighted by molar-refractivity contribution is 6.35. The van der Waals surface area contributed by atoms with E-state index in [0.29, 0.717) is 29.1 Å². The van der Waals surface area contributed by atoms with Crippen LogP contribution in [0.1, 0.15) is 25.7 Å². The molecule has 0 spiro atoms. The van der Waals surface area contributed by atoms with Crippen LogP contribution in [0.3, 0.4) is 0 Å². The molecule has 1 aliphatic rings. The molecule has 5 rings (SSSR count). The Morgan fingerprint density at radius 3 is 2.70 bits per heavy atom. The highest BCUT2D eigenvalue weighted by Crippen LogP contribution is 2.31. The fourth-order valence-corrected chi connectivity index (χ4v) is 4.71. The molecule has 2 N–H and O–H groups in total. The van der Waals surface area contributed by atoms with Gasteiger partial charge in [-0.2, -0.15) is 4.98 Å². The van der Waals surface area contributed by atoms with Crippen LogP contribution in [-0.4, -0.2) is 53.2 Å². The first kappa shape index (κ1) is 25.0. The molecule has 1 fully saturated rings. The maximum Gasteiger partial charge on any atom is 0.229 e. The van der Waals surface area contributed by atoms with Crippen LogP contribution < -0.4 is 20.1 Å². The Morgan fingerprint density at radius 1 is 0.946 bits per heavy atom. The maximum atomic E-state index is 6.23. The van der Waals surface area contributed by atoms with E-state index in [1.807, 2.05) is 42.5 Å². The second-order valence-corrected chi connectivity index (χ2v) is 9.43. The number of nitrogens with one attached hydrogen (secondary N) is 2. The molecule has 0 unspecified atom stereocenters. The van der Waals surface area contributed by atoms with E-state index in [-0.39, 0.29) is 0 Å². The molecule has 0 radical (unpaired) electrons. The average molecular weight is 519 g/mol. The number of nitrogens with zero attached hydrogens (tertiary/aromatic N) is 4. The van der Waals surface area contributed by atoms with Crippen molar-refractivity contribution >= 4 is 45.6 Å². The zero-order chi connectivity index (χ0) is 25.5. The smallest absolute Gasteiger partial charge is 0.229 e. The second-order valence-electron chi connectivity index (χ2n) is 9.02. The lowest BCUT2D eigenvalue weighted by Gasteiger charge is -2.26. The number of hydrogen-bond acceptors (Lipinski definition) is 8. The lowest BCUT2D eigenvalue weighted by molar-refractivity contribution is 0.203. The van der Waals surface area contributed by atoms with Gasteiger partial charge in [0.25, 0.3) is 0 Å². The predicted molar refractivity (Wildman–Crippen MR) is 149 cm³/mol. The van der Waals surface area contributed by atoms with Gasteiger partial charge in [0, 0.05) is 29.9 Å². The number of rotatable bonds is 10. The molecule has 1 aliphatic heterocycles. The Balaban J connectivity index is 1.20. The van der Waals surface area contributed by atoms with Crippen LogP contribution in [0.4, 0.5) is 23.1 Å². The van der Waals surface area contributed by atoms with Gasteiger partial charge in [0.2, 0.25) is 5.95 Å². The number of pyridine rings is 1. The van der Waals surface area contributed by atoms with E-state index in [1.165, 1.54) is 32.4 Å². The van der Waals surface area contributed by atoms with Gasteiger partial charge in [0.05, 0.1) is 36.1 Å². The Kier molecular flexibility index (Phi) is 8.18. The number of aromatic nitrogens is 3. The molecule has 0 aliphatic carbocycles. The summed E-state index contributed by atoms with van der Waals surface area (Å²) in [7, 11) is 1.64. The molecule has 1 saturated heterocycles. The van der Waals surface area contributed by atoms with Crippen LogP contribution >= 0.6 is 11.6 Å².